The maximum absolute atomic E-state index is 14.4. The van der Waals surface area contributed by atoms with Gasteiger partial charge in [-0.15, -0.1) is 11.3 Å². The first kappa shape index (κ1) is 22.2. The second-order valence-electron chi connectivity index (χ2n) is 7.17. The predicted octanol–water partition coefficient (Wildman–Crippen LogP) is 4.88. The number of amides is 1. The monoisotopic (exact) mass is 482 g/mol. The maximum Gasteiger partial charge on any atom is 0.266 e. The van der Waals surface area contributed by atoms with Gasteiger partial charge in [-0.25, -0.2) is 12.8 Å². The van der Waals surface area contributed by atoms with Gasteiger partial charge in [0.15, 0.2) is 0 Å². The second kappa shape index (κ2) is 8.84. The molecule has 10 heteroatoms. The molecule has 1 fully saturated rings. The maximum atomic E-state index is 14.4. The molecule has 1 saturated heterocycles. The molecule has 0 bridgehead atoms. The van der Waals surface area contributed by atoms with E-state index in [1.165, 1.54) is 35.7 Å². The van der Waals surface area contributed by atoms with Gasteiger partial charge < -0.3 is 10.1 Å². The lowest BCUT2D eigenvalue weighted by Gasteiger charge is -2.17. The zero-order chi connectivity index (χ0) is 22.2. The fraction of sp³-hybridized carbons (Fsp3) is 0.286. The Hall–Kier alpha value is -2.04. The summed E-state index contributed by atoms with van der Waals surface area (Å²) in [4.78, 5) is 13.3. The third-order valence-corrected chi connectivity index (χ3v) is 8.71. The number of nitrogens with one attached hydrogen (secondary N) is 1. The van der Waals surface area contributed by atoms with Gasteiger partial charge in [-0.2, -0.15) is 4.31 Å². The Labute approximate surface area is 188 Å². The number of ether oxygens (including phenoxy) is 1. The van der Waals surface area contributed by atoms with Gasteiger partial charge in [0.25, 0.3) is 5.91 Å². The second-order valence-corrected chi connectivity index (χ2v) is 10.5. The van der Waals surface area contributed by atoms with Crippen LogP contribution in [0.4, 0.5) is 10.1 Å². The van der Waals surface area contributed by atoms with Crippen LogP contribution in [0.1, 0.15) is 28.1 Å². The highest BCUT2D eigenvalue weighted by Gasteiger charge is 2.29. The summed E-state index contributed by atoms with van der Waals surface area (Å²) < 4.78 is 47.5. The molecule has 31 heavy (non-hydrogen) atoms. The molecular weight excluding hydrogens is 463 g/mol. The van der Waals surface area contributed by atoms with Crippen molar-refractivity contribution in [2.45, 2.75) is 24.3 Å². The number of rotatable bonds is 6. The Morgan fingerprint density at radius 1 is 1.26 bits per heavy atom. The highest BCUT2D eigenvalue weighted by atomic mass is 35.5. The van der Waals surface area contributed by atoms with Gasteiger partial charge >= 0.3 is 0 Å². The molecule has 0 saturated carbocycles. The number of hydrogen-bond donors (Lipinski definition) is 1. The fourth-order valence-electron chi connectivity index (χ4n) is 3.67. The lowest BCUT2D eigenvalue weighted by Crippen LogP contribution is -2.28. The number of carbonyl (C=O) groups excluding carboxylic acids is 1. The molecule has 1 aromatic heterocycles. The van der Waals surface area contributed by atoms with Crippen LogP contribution in [0.25, 0.3) is 10.1 Å². The first-order valence-electron chi connectivity index (χ1n) is 9.63. The zero-order valence-corrected chi connectivity index (χ0v) is 19.0. The smallest absolute Gasteiger partial charge is 0.266 e. The van der Waals surface area contributed by atoms with E-state index >= 15 is 0 Å². The van der Waals surface area contributed by atoms with Crippen molar-refractivity contribution in [2.24, 2.45) is 0 Å². The molecule has 0 atom stereocenters. The number of anilines is 1. The van der Waals surface area contributed by atoms with Crippen molar-refractivity contribution in [3.63, 3.8) is 0 Å². The zero-order valence-electron chi connectivity index (χ0n) is 16.7. The molecule has 2 heterocycles. The summed E-state index contributed by atoms with van der Waals surface area (Å²) in [5, 5.41) is 3.17. The molecule has 3 aromatic rings. The molecule has 0 unspecified atom stereocenters. The summed E-state index contributed by atoms with van der Waals surface area (Å²) in [5.74, 6) is -0.898. The molecule has 0 spiro atoms. The van der Waals surface area contributed by atoms with E-state index in [4.69, 9.17) is 16.3 Å². The van der Waals surface area contributed by atoms with Gasteiger partial charge in [-0.1, -0.05) is 17.7 Å². The Balaban J connectivity index is 1.68. The molecule has 1 aliphatic rings. The number of carbonyl (C=O) groups is 1. The molecule has 1 amide bonds. The van der Waals surface area contributed by atoms with Gasteiger partial charge in [0.2, 0.25) is 10.0 Å². The summed E-state index contributed by atoms with van der Waals surface area (Å²) >= 11 is 7.33. The van der Waals surface area contributed by atoms with Crippen LogP contribution in [0.15, 0.2) is 41.3 Å². The predicted molar refractivity (Wildman–Crippen MR) is 120 cm³/mol. The standard InChI is InChI=1S/C21H20ClFN2O4S2/c1-29-12-14-19-16(23)5-4-6-17(19)30-20(14)21(26)24-13-7-8-15(22)18(11-13)31(27,28)25-9-2-3-10-25/h4-8,11H,2-3,9-10,12H2,1H3,(H,24,26). The Morgan fingerprint density at radius 2 is 2.00 bits per heavy atom. The van der Waals surface area contributed by atoms with Crippen LogP contribution in [-0.2, 0) is 21.4 Å². The largest absolute Gasteiger partial charge is 0.380 e. The minimum atomic E-state index is -3.75. The van der Waals surface area contributed by atoms with Gasteiger partial charge in [0, 0.05) is 41.5 Å². The van der Waals surface area contributed by atoms with Crippen molar-refractivity contribution in [2.75, 3.05) is 25.5 Å². The van der Waals surface area contributed by atoms with E-state index in [1.807, 2.05) is 0 Å². The van der Waals surface area contributed by atoms with E-state index < -0.39 is 21.7 Å². The SMILES string of the molecule is COCc1c(C(=O)Nc2ccc(Cl)c(S(=O)(=O)N3CCCC3)c2)sc2cccc(F)c12. The van der Waals surface area contributed by atoms with Crippen molar-refractivity contribution >= 4 is 54.6 Å². The van der Waals surface area contributed by atoms with Gasteiger partial charge in [-0.05, 0) is 43.2 Å². The molecule has 1 N–H and O–H groups in total. The van der Waals surface area contributed by atoms with Crippen LogP contribution in [-0.4, -0.2) is 38.8 Å². The topological polar surface area (TPSA) is 75.7 Å². The normalized spacial score (nSPS) is 14.9. The molecule has 6 nitrogen and oxygen atoms in total. The van der Waals surface area contributed by atoms with Crippen LogP contribution in [0.5, 0.6) is 0 Å². The average molecular weight is 483 g/mol. The molecular formula is C21H20ClFN2O4S2. The summed E-state index contributed by atoms with van der Waals surface area (Å²) in [6.45, 7) is 0.963. The van der Waals surface area contributed by atoms with E-state index in [0.29, 0.717) is 33.6 Å². The first-order chi connectivity index (χ1) is 14.8. The lowest BCUT2D eigenvalue weighted by atomic mass is 10.1. The summed E-state index contributed by atoms with van der Waals surface area (Å²) in [7, 11) is -2.28. The number of benzene rings is 2. The van der Waals surface area contributed by atoms with Crippen LogP contribution in [0, 0.1) is 5.82 Å². The average Bonchev–Trinajstić information content (AvgIpc) is 3.39. The Kier molecular flexibility index (Phi) is 6.32. The minimum absolute atomic E-state index is 0.0478. The quantitative estimate of drug-likeness (QED) is 0.543. The third kappa shape index (κ3) is 4.20. The molecule has 0 radical (unpaired) electrons. The van der Waals surface area contributed by atoms with Gasteiger partial charge in [0.05, 0.1) is 16.5 Å². The number of sulfonamides is 1. The molecule has 0 aliphatic carbocycles. The van der Waals surface area contributed by atoms with Crippen molar-refractivity contribution in [1.29, 1.82) is 0 Å². The molecule has 164 valence electrons. The Morgan fingerprint density at radius 3 is 2.71 bits per heavy atom. The van der Waals surface area contributed by atoms with Crippen molar-refractivity contribution < 1.29 is 22.3 Å². The third-order valence-electron chi connectivity index (χ3n) is 5.13. The number of thiophene rings is 1. The van der Waals surface area contributed by atoms with E-state index in [9.17, 15) is 17.6 Å². The van der Waals surface area contributed by atoms with Crippen molar-refractivity contribution in [3.05, 3.63) is 57.7 Å². The molecule has 4 rings (SSSR count). The van der Waals surface area contributed by atoms with E-state index in [-0.39, 0.29) is 22.2 Å². The first-order valence-corrected chi connectivity index (χ1v) is 12.3. The van der Waals surface area contributed by atoms with Crippen LogP contribution < -0.4 is 5.32 Å². The van der Waals surface area contributed by atoms with E-state index in [0.717, 1.165) is 24.2 Å². The number of methoxy groups -OCH3 is 1. The van der Waals surface area contributed by atoms with Crippen LogP contribution >= 0.6 is 22.9 Å². The minimum Gasteiger partial charge on any atom is -0.380 e. The van der Waals surface area contributed by atoms with Crippen molar-refractivity contribution in [3.8, 4) is 0 Å². The lowest BCUT2D eigenvalue weighted by molar-refractivity contribution is 0.102. The number of fused-ring (bicyclic) bond motifs is 1. The van der Waals surface area contributed by atoms with Gasteiger partial charge in [0.1, 0.15) is 10.7 Å². The number of nitrogens with zero attached hydrogens (tertiary/aromatic N) is 1. The fourth-order valence-corrected chi connectivity index (χ4v) is 6.80. The molecule has 2 aromatic carbocycles. The molecule has 1 aliphatic heterocycles. The van der Waals surface area contributed by atoms with E-state index in [1.54, 1.807) is 12.1 Å². The number of halogens is 2. The van der Waals surface area contributed by atoms with Crippen LogP contribution in [0.2, 0.25) is 5.02 Å². The van der Waals surface area contributed by atoms with E-state index in [2.05, 4.69) is 5.32 Å². The highest BCUT2D eigenvalue weighted by molar-refractivity contribution is 7.89. The summed E-state index contributed by atoms with van der Waals surface area (Å²) in [6.07, 6.45) is 1.61. The van der Waals surface area contributed by atoms with Crippen LogP contribution in [0.3, 0.4) is 0 Å². The summed E-state index contributed by atoms with van der Waals surface area (Å²) in [5.41, 5.74) is 0.741. The highest BCUT2D eigenvalue weighted by Crippen LogP contribution is 2.35. The number of hydrogen-bond acceptors (Lipinski definition) is 5. The Bertz CT molecular complexity index is 1250. The van der Waals surface area contributed by atoms with Gasteiger partial charge in [-0.3, -0.25) is 4.79 Å². The summed E-state index contributed by atoms with van der Waals surface area (Å²) in [6, 6.07) is 9.00. The van der Waals surface area contributed by atoms with Crippen molar-refractivity contribution in [1.82, 2.24) is 4.31 Å².